The molecule has 0 aromatic rings. The standard InChI is InChI=1S/C5H7F4O/c6-4(7)5(8,9)2-1-3-10/h4H,1-3H2. The molecule has 0 saturated carbocycles. The highest BCUT2D eigenvalue weighted by Crippen LogP contribution is 2.27. The number of alkyl halides is 4. The zero-order chi connectivity index (χ0) is 8.20. The molecule has 0 saturated heterocycles. The van der Waals surface area contributed by atoms with Crippen molar-refractivity contribution in [3.05, 3.63) is 0 Å². The fraction of sp³-hybridized carbons (Fsp3) is 1.00. The van der Waals surface area contributed by atoms with Crippen molar-refractivity contribution in [2.75, 3.05) is 6.61 Å². The van der Waals surface area contributed by atoms with Crippen LogP contribution in [0.5, 0.6) is 0 Å². The Labute approximate surface area is 55.7 Å². The molecule has 1 radical (unpaired) electrons. The van der Waals surface area contributed by atoms with E-state index in [-0.39, 0.29) is 0 Å². The van der Waals surface area contributed by atoms with Gasteiger partial charge in [-0.2, -0.15) is 0 Å². The van der Waals surface area contributed by atoms with Gasteiger partial charge in [0.05, 0.1) is 6.61 Å². The van der Waals surface area contributed by atoms with E-state index in [4.69, 9.17) is 0 Å². The molecule has 0 aromatic heterocycles. The maximum absolute atomic E-state index is 11.8. The average Bonchev–Trinajstić information content (AvgIpc) is 1.84. The van der Waals surface area contributed by atoms with Gasteiger partial charge in [0.25, 0.3) is 0 Å². The topological polar surface area (TPSA) is 19.9 Å². The smallest absolute Gasteiger partial charge is 0.237 e. The Bertz CT molecular complexity index is 93.6. The van der Waals surface area contributed by atoms with Crippen LogP contribution in [0.15, 0.2) is 0 Å². The normalized spacial score (nSPS) is 12.6. The Morgan fingerprint density at radius 1 is 1.30 bits per heavy atom. The summed E-state index contributed by atoms with van der Waals surface area (Å²) in [6, 6.07) is 0. The molecule has 0 fully saturated rings. The van der Waals surface area contributed by atoms with Gasteiger partial charge in [-0.05, 0) is 6.42 Å². The summed E-state index contributed by atoms with van der Waals surface area (Å²) < 4.78 is 46.3. The quantitative estimate of drug-likeness (QED) is 0.560. The van der Waals surface area contributed by atoms with E-state index >= 15 is 0 Å². The summed E-state index contributed by atoms with van der Waals surface area (Å²) in [5, 5.41) is 9.62. The van der Waals surface area contributed by atoms with Crippen molar-refractivity contribution >= 4 is 0 Å². The lowest BCUT2D eigenvalue weighted by Gasteiger charge is -2.13. The van der Waals surface area contributed by atoms with Gasteiger partial charge in [-0.1, -0.05) is 0 Å². The van der Waals surface area contributed by atoms with Crippen LogP contribution in [-0.4, -0.2) is 19.0 Å². The van der Waals surface area contributed by atoms with E-state index in [2.05, 4.69) is 0 Å². The van der Waals surface area contributed by atoms with Crippen LogP contribution >= 0.6 is 0 Å². The van der Waals surface area contributed by atoms with Gasteiger partial charge in [0.2, 0.25) is 0 Å². The summed E-state index contributed by atoms with van der Waals surface area (Å²) in [5.41, 5.74) is 0. The van der Waals surface area contributed by atoms with Crippen molar-refractivity contribution in [3.8, 4) is 0 Å². The molecule has 0 aliphatic carbocycles. The Kier molecular flexibility index (Phi) is 3.63. The molecule has 0 aliphatic heterocycles. The summed E-state index contributed by atoms with van der Waals surface area (Å²) in [6.45, 7) is -0.734. The molecule has 0 bridgehead atoms. The minimum absolute atomic E-state index is 0.405. The second-order valence-corrected chi connectivity index (χ2v) is 1.87. The summed E-state index contributed by atoms with van der Waals surface area (Å²) in [6.07, 6.45) is -5.08. The summed E-state index contributed by atoms with van der Waals surface area (Å²) >= 11 is 0. The molecular formula is C5H7F4O. The van der Waals surface area contributed by atoms with Crippen LogP contribution in [0.25, 0.3) is 0 Å². The van der Waals surface area contributed by atoms with Crippen LogP contribution in [0.1, 0.15) is 12.8 Å². The predicted octanol–water partition coefficient (Wildman–Crippen LogP) is 2.10. The van der Waals surface area contributed by atoms with E-state index in [1.54, 1.807) is 0 Å². The fourth-order valence-corrected chi connectivity index (χ4v) is 0.417. The summed E-state index contributed by atoms with van der Waals surface area (Å²) in [5.74, 6) is -3.98. The lowest BCUT2D eigenvalue weighted by atomic mass is 10.2. The molecule has 0 N–H and O–H groups in total. The van der Waals surface area contributed by atoms with E-state index in [1.807, 2.05) is 0 Å². The summed E-state index contributed by atoms with van der Waals surface area (Å²) in [4.78, 5) is 0. The molecule has 0 atom stereocenters. The van der Waals surface area contributed by atoms with Gasteiger partial charge in [-0.25, -0.2) is 22.7 Å². The van der Waals surface area contributed by atoms with Gasteiger partial charge in [0.1, 0.15) is 0 Å². The van der Waals surface area contributed by atoms with Crippen LogP contribution in [0.4, 0.5) is 17.6 Å². The first kappa shape index (κ1) is 9.68. The highest BCUT2D eigenvalue weighted by Gasteiger charge is 2.39. The molecule has 0 rings (SSSR count). The molecule has 0 unspecified atom stereocenters. The van der Waals surface area contributed by atoms with Gasteiger partial charge in [-0.3, -0.25) is 0 Å². The van der Waals surface area contributed by atoms with Crippen molar-refractivity contribution in [3.63, 3.8) is 0 Å². The van der Waals surface area contributed by atoms with E-state index in [9.17, 15) is 22.7 Å². The Morgan fingerprint density at radius 2 is 1.80 bits per heavy atom. The van der Waals surface area contributed by atoms with Gasteiger partial charge < -0.3 is 0 Å². The fourth-order valence-electron chi connectivity index (χ4n) is 0.417. The van der Waals surface area contributed by atoms with Crippen molar-refractivity contribution in [2.24, 2.45) is 0 Å². The Morgan fingerprint density at radius 3 is 2.10 bits per heavy atom. The number of hydrogen-bond acceptors (Lipinski definition) is 0. The van der Waals surface area contributed by atoms with Gasteiger partial charge in [-0.15, -0.1) is 0 Å². The number of halogens is 4. The Hall–Kier alpha value is -0.320. The van der Waals surface area contributed by atoms with Crippen LogP contribution in [-0.2, 0) is 5.11 Å². The first-order valence-electron chi connectivity index (χ1n) is 2.75. The second-order valence-electron chi connectivity index (χ2n) is 1.87. The van der Waals surface area contributed by atoms with E-state index in [0.717, 1.165) is 0 Å². The molecule has 0 spiro atoms. The molecule has 61 valence electrons. The van der Waals surface area contributed by atoms with Crippen molar-refractivity contribution in [2.45, 2.75) is 25.2 Å². The van der Waals surface area contributed by atoms with Crippen molar-refractivity contribution in [1.82, 2.24) is 0 Å². The first-order valence-corrected chi connectivity index (χ1v) is 2.75. The van der Waals surface area contributed by atoms with Crippen LogP contribution < -0.4 is 0 Å². The third kappa shape index (κ3) is 3.00. The molecule has 0 heterocycles. The molecular weight excluding hydrogens is 152 g/mol. The average molecular weight is 159 g/mol. The monoisotopic (exact) mass is 159 g/mol. The van der Waals surface area contributed by atoms with Crippen LogP contribution in [0.3, 0.4) is 0 Å². The lowest BCUT2D eigenvalue weighted by molar-refractivity contribution is -0.135. The minimum Gasteiger partial charge on any atom is -0.237 e. The first-order chi connectivity index (χ1) is 4.50. The largest absolute Gasteiger partial charge is 0.307 e. The maximum atomic E-state index is 11.8. The highest BCUT2D eigenvalue weighted by atomic mass is 19.3. The molecule has 0 aliphatic rings. The van der Waals surface area contributed by atoms with E-state index < -0.39 is 31.8 Å². The molecule has 5 heteroatoms. The highest BCUT2D eigenvalue weighted by molar-refractivity contribution is 4.67. The molecule has 1 nitrogen and oxygen atoms in total. The zero-order valence-electron chi connectivity index (χ0n) is 5.12. The van der Waals surface area contributed by atoms with Crippen molar-refractivity contribution in [1.29, 1.82) is 0 Å². The number of rotatable bonds is 4. The third-order valence-corrected chi connectivity index (χ3v) is 0.974. The van der Waals surface area contributed by atoms with Crippen molar-refractivity contribution < 1.29 is 22.7 Å². The summed E-state index contributed by atoms with van der Waals surface area (Å²) in [7, 11) is 0. The predicted molar refractivity (Wildman–Crippen MR) is 25.7 cm³/mol. The van der Waals surface area contributed by atoms with Gasteiger partial charge in [0.15, 0.2) is 0 Å². The van der Waals surface area contributed by atoms with E-state index in [0.29, 0.717) is 0 Å². The SMILES string of the molecule is [O]CCCC(F)(F)C(F)F. The second kappa shape index (κ2) is 3.75. The third-order valence-electron chi connectivity index (χ3n) is 0.974. The zero-order valence-corrected chi connectivity index (χ0v) is 5.12. The maximum Gasteiger partial charge on any atom is 0.307 e. The molecule has 10 heavy (non-hydrogen) atoms. The van der Waals surface area contributed by atoms with Crippen LogP contribution in [0, 0.1) is 0 Å². The molecule has 0 amide bonds. The van der Waals surface area contributed by atoms with Gasteiger partial charge in [0, 0.05) is 6.42 Å². The Balaban J connectivity index is 3.63. The lowest BCUT2D eigenvalue weighted by Crippen LogP contribution is -2.26. The van der Waals surface area contributed by atoms with E-state index in [1.165, 1.54) is 0 Å². The van der Waals surface area contributed by atoms with Gasteiger partial charge >= 0.3 is 12.3 Å². The molecule has 0 aromatic carbocycles. The van der Waals surface area contributed by atoms with Crippen LogP contribution in [0.2, 0.25) is 0 Å². The number of hydrogen-bond donors (Lipinski definition) is 0. The minimum atomic E-state index is -3.98.